The number of carbonyl (C=O) groups is 1. The van der Waals surface area contributed by atoms with Gasteiger partial charge < -0.3 is 15.3 Å². The molecule has 0 saturated carbocycles. The summed E-state index contributed by atoms with van der Waals surface area (Å²) < 4.78 is 0. The summed E-state index contributed by atoms with van der Waals surface area (Å²) >= 11 is 1.51. The topological polar surface area (TPSA) is 65.5 Å². The van der Waals surface area contributed by atoms with Crippen molar-refractivity contribution in [1.29, 1.82) is 0 Å². The molecule has 2 rings (SSSR count). The average molecular weight is 241 g/mol. The van der Waals surface area contributed by atoms with Crippen molar-refractivity contribution in [1.82, 2.24) is 10.3 Å². The van der Waals surface area contributed by atoms with E-state index in [1.807, 2.05) is 5.38 Å². The van der Waals surface area contributed by atoms with Crippen LogP contribution >= 0.6 is 11.3 Å². The number of rotatable bonds is 2. The van der Waals surface area contributed by atoms with Crippen molar-refractivity contribution in [3.05, 3.63) is 11.1 Å². The van der Waals surface area contributed by atoms with E-state index < -0.39 is 6.10 Å². The first kappa shape index (κ1) is 11.3. The Bertz CT molecular complexity index is 378. The second kappa shape index (κ2) is 4.80. The third-order valence-electron chi connectivity index (χ3n) is 2.52. The number of amides is 1. The zero-order chi connectivity index (χ0) is 11.5. The van der Waals surface area contributed by atoms with Crippen LogP contribution in [-0.4, -0.2) is 35.6 Å². The Labute approximate surface area is 98.1 Å². The molecule has 1 aromatic rings. The lowest BCUT2D eigenvalue weighted by Gasteiger charge is -2.17. The number of thiazole rings is 1. The fourth-order valence-electron chi connectivity index (χ4n) is 1.57. The summed E-state index contributed by atoms with van der Waals surface area (Å²) in [5, 5.41) is 15.0. The lowest BCUT2D eigenvalue weighted by atomic mass is 10.3. The van der Waals surface area contributed by atoms with Crippen LogP contribution in [0.4, 0.5) is 5.13 Å². The van der Waals surface area contributed by atoms with Crippen LogP contribution in [-0.2, 0) is 4.79 Å². The van der Waals surface area contributed by atoms with E-state index in [0.717, 1.165) is 11.7 Å². The zero-order valence-electron chi connectivity index (χ0n) is 9.14. The Morgan fingerprint density at radius 1 is 1.62 bits per heavy atom. The molecule has 0 aromatic carbocycles. The van der Waals surface area contributed by atoms with Gasteiger partial charge in [0.1, 0.15) is 0 Å². The Morgan fingerprint density at radius 2 is 2.44 bits per heavy atom. The number of carbonyl (C=O) groups excluding carboxylic acids is 1. The molecule has 6 heteroatoms. The van der Waals surface area contributed by atoms with Crippen molar-refractivity contribution >= 4 is 22.4 Å². The molecule has 0 radical (unpaired) electrons. The van der Waals surface area contributed by atoms with Crippen LogP contribution in [0.2, 0.25) is 0 Å². The van der Waals surface area contributed by atoms with Gasteiger partial charge in [-0.25, -0.2) is 4.98 Å². The number of hydrogen-bond acceptors (Lipinski definition) is 5. The van der Waals surface area contributed by atoms with Crippen LogP contribution in [0.15, 0.2) is 5.38 Å². The summed E-state index contributed by atoms with van der Waals surface area (Å²) in [6.45, 7) is 3.83. The molecule has 0 aliphatic carbocycles. The number of nitrogens with one attached hydrogen (secondary N) is 1. The predicted octanol–water partition coefficient (Wildman–Crippen LogP) is 0.523. The zero-order valence-corrected chi connectivity index (χ0v) is 9.96. The largest absolute Gasteiger partial charge is 0.387 e. The normalized spacial score (nSPS) is 19.1. The number of anilines is 1. The highest BCUT2D eigenvalue weighted by Crippen LogP contribution is 2.24. The van der Waals surface area contributed by atoms with Crippen molar-refractivity contribution in [2.75, 3.05) is 24.5 Å². The van der Waals surface area contributed by atoms with Crippen molar-refractivity contribution in [3.8, 4) is 0 Å². The molecule has 2 heterocycles. The summed E-state index contributed by atoms with van der Waals surface area (Å²) in [5.74, 6) is 0.0924. The second-order valence-electron chi connectivity index (χ2n) is 3.82. The molecule has 2 N–H and O–H groups in total. The van der Waals surface area contributed by atoms with Crippen LogP contribution in [0.5, 0.6) is 0 Å². The molecule has 0 bridgehead atoms. The van der Waals surface area contributed by atoms with Gasteiger partial charge in [0.05, 0.1) is 11.8 Å². The van der Waals surface area contributed by atoms with Gasteiger partial charge in [-0.05, 0) is 6.92 Å². The van der Waals surface area contributed by atoms with E-state index in [9.17, 15) is 9.90 Å². The Morgan fingerprint density at radius 3 is 3.12 bits per heavy atom. The highest BCUT2D eigenvalue weighted by atomic mass is 32.1. The average Bonchev–Trinajstić information content (AvgIpc) is 2.63. The highest BCUT2D eigenvalue weighted by molar-refractivity contribution is 7.13. The molecule has 1 aliphatic rings. The Hall–Kier alpha value is -1.14. The van der Waals surface area contributed by atoms with E-state index in [1.165, 1.54) is 11.3 Å². The van der Waals surface area contributed by atoms with Gasteiger partial charge in [0.25, 0.3) is 0 Å². The second-order valence-corrected chi connectivity index (χ2v) is 4.65. The number of aromatic nitrogens is 1. The minimum absolute atomic E-state index is 0.0924. The molecule has 1 unspecified atom stereocenters. The predicted molar refractivity (Wildman–Crippen MR) is 62.6 cm³/mol. The molecule has 1 aliphatic heterocycles. The molecule has 88 valence electrons. The van der Waals surface area contributed by atoms with Crippen LogP contribution in [0.3, 0.4) is 0 Å². The molecule has 1 fully saturated rings. The van der Waals surface area contributed by atoms with Crippen LogP contribution in [0, 0.1) is 0 Å². The quantitative estimate of drug-likeness (QED) is 0.792. The minimum atomic E-state index is -0.531. The van der Waals surface area contributed by atoms with Gasteiger partial charge in [-0.2, -0.15) is 0 Å². The van der Waals surface area contributed by atoms with E-state index in [0.29, 0.717) is 25.2 Å². The minimum Gasteiger partial charge on any atom is -0.387 e. The van der Waals surface area contributed by atoms with Gasteiger partial charge in [-0.15, -0.1) is 11.3 Å². The van der Waals surface area contributed by atoms with Crippen LogP contribution in [0.25, 0.3) is 0 Å². The van der Waals surface area contributed by atoms with E-state index in [1.54, 1.807) is 6.92 Å². The summed E-state index contributed by atoms with van der Waals surface area (Å²) in [6.07, 6.45) is -0.0272. The third kappa shape index (κ3) is 2.51. The fraction of sp³-hybridized carbons (Fsp3) is 0.600. The highest BCUT2D eigenvalue weighted by Gasteiger charge is 2.17. The number of aliphatic hydroxyl groups excluding tert-OH is 1. The van der Waals surface area contributed by atoms with Gasteiger partial charge in [0.15, 0.2) is 5.13 Å². The summed E-state index contributed by atoms with van der Waals surface area (Å²) in [7, 11) is 0. The van der Waals surface area contributed by atoms with Gasteiger partial charge >= 0.3 is 0 Å². The molecule has 5 nitrogen and oxygen atoms in total. The summed E-state index contributed by atoms with van der Waals surface area (Å²) in [4.78, 5) is 17.6. The lowest BCUT2D eigenvalue weighted by molar-refractivity contribution is -0.120. The summed E-state index contributed by atoms with van der Waals surface area (Å²) in [5.41, 5.74) is 0.698. The molecule has 1 amide bonds. The van der Waals surface area contributed by atoms with Crippen molar-refractivity contribution in [2.45, 2.75) is 19.4 Å². The van der Waals surface area contributed by atoms with E-state index >= 15 is 0 Å². The standard InChI is InChI=1S/C10H15N3O2S/c1-7(14)8-6-16-10(12-8)13-4-2-9(15)11-3-5-13/h6-7,14H,2-5H2,1H3,(H,11,15). The van der Waals surface area contributed by atoms with Gasteiger partial charge in [0.2, 0.25) is 5.91 Å². The van der Waals surface area contributed by atoms with Crippen molar-refractivity contribution in [3.63, 3.8) is 0 Å². The smallest absolute Gasteiger partial charge is 0.221 e. The third-order valence-corrected chi connectivity index (χ3v) is 3.44. The Kier molecular flexibility index (Phi) is 3.40. The first-order valence-electron chi connectivity index (χ1n) is 5.32. The molecule has 0 spiro atoms. The van der Waals surface area contributed by atoms with E-state index in [4.69, 9.17) is 0 Å². The molecular weight excluding hydrogens is 226 g/mol. The van der Waals surface area contributed by atoms with Crippen LogP contribution in [0.1, 0.15) is 25.1 Å². The first-order chi connectivity index (χ1) is 7.66. The molecule has 1 aromatic heterocycles. The van der Waals surface area contributed by atoms with Gasteiger partial charge in [-0.3, -0.25) is 4.79 Å². The molecule has 16 heavy (non-hydrogen) atoms. The first-order valence-corrected chi connectivity index (χ1v) is 6.20. The maximum absolute atomic E-state index is 11.2. The maximum Gasteiger partial charge on any atom is 0.221 e. The SMILES string of the molecule is CC(O)c1csc(N2CCNC(=O)CC2)n1. The van der Waals surface area contributed by atoms with Crippen molar-refractivity contribution < 1.29 is 9.90 Å². The van der Waals surface area contributed by atoms with E-state index in [-0.39, 0.29) is 5.91 Å². The lowest BCUT2D eigenvalue weighted by Crippen LogP contribution is -2.28. The number of nitrogens with zero attached hydrogens (tertiary/aromatic N) is 2. The van der Waals surface area contributed by atoms with Gasteiger partial charge in [-0.1, -0.05) is 0 Å². The molecule has 1 atom stereocenters. The number of hydrogen-bond donors (Lipinski definition) is 2. The van der Waals surface area contributed by atoms with Crippen molar-refractivity contribution in [2.24, 2.45) is 0 Å². The maximum atomic E-state index is 11.2. The van der Waals surface area contributed by atoms with E-state index in [2.05, 4.69) is 15.2 Å². The Balaban J connectivity index is 2.07. The number of aliphatic hydroxyl groups is 1. The van der Waals surface area contributed by atoms with Gasteiger partial charge in [0, 0.05) is 31.4 Å². The molecular formula is C10H15N3O2S. The molecule has 1 saturated heterocycles. The van der Waals surface area contributed by atoms with Crippen LogP contribution < -0.4 is 10.2 Å². The monoisotopic (exact) mass is 241 g/mol. The summed E-state index contributed by atoms with van der Waals surface area (Å²) in [6, 6.07) is 0. The fourth-order valence-corrected chi connectivity index (χ4v) is 2.54.